The van der Waals surface area contributed by atoms with E-state index in [0.717, 1.165) is 37.0 Å². The van der Waals surface area contributed by atoms with Crippen LogP contribution in [-0.4, -0.2) is 41.6 Å². The molecule has 1 saturated heterocycles. The van der Waals surface area contributed by atoms with Gasteiger partial charge in [0.25, 0.3) is 0 Å². The van der Waals surface area contributed by atoms with Crippen molar-refractivity contribution < 1.29 is 23.6 Å². The van der Waals surface area contributed by atoms with E-state index in [1.54, 1.807) is 13.2 Å². The maximum atomic E-state index is 12.4. The Bertz CT molecular complexity index is 839. The number of benzene rings is 1. The van der Waals surface area contributed by atoms with E-state index in [0.29, 0.717) is 24.0 Å². The first-order chi connectivity index (χ1) is 13.6. The van der Waals surface area contributed by atoms with Gasteiger partial charge in [0.1, 0.15) is 11.4 Å². The maximum absolute atomic E-state index is 12.4. The monoisotopic (exact) mass is 384 g/mol. The lowest BCUT2D eigenvalue weighted by molar-refractivity contribution is -0.150. The Kier molecular flexibility index (Phi) is 5.32. The molecular weight excluding hydrogens is 360 g/mol. The minimum atomic E-state index is -0.392. The number of nitrogens with zero attached hydrogens (tertiary/aromatic N) is 2. The van der Waals surface area contributed by atoms with Gasteiger partial charge in [-0.25, -0.2) is 0 Å². The number of esters is 1. The molecule has 1 saturated carbocycles. The third-order valence-corrected chi connectivity index (χ3v) is 5.56. The Balaban J connectivity index is 1.31. The average molecular weight is 384 g/mol. The molecule has 2 heterocycles. The number of hydrogen-bond donors (Lipinski definition) is 0. The summed E-state index contributed by atoms with van der Waals surface area (Å²) < 4.78 is 15.8. The topological polar surface area (TPSA) is 81.9 Å². The van der Waals surface area contributed by atoms with Crippen molar-refractivity contribution in [1.29, 1.82) is 0 Å². The van der Waals surface area contributed by atoms with Crippen molar-refractivity contribution in [3.63, 3.8) is 0 Å². The first-order valence-electron chi connectivity index (χ1n) is 9.70. The van der Waals surface area contributed by atoms with Crippen molar-refractivity contribution in [2.24, 2.45) is 5.92 Å². The normalized spacial score (nSPS) is 20.0. The number of carbonyl (C=O) groups is 2. The van der Waals surface area contributed by atoms with Crippen LogP contribution in [0.1, 0.15) is 37.9 Å². The molecule has 1 amide bonds. The van der Waals surface area contributed by atoms with Gasteiger partial charge >= 0.3 is 5.97 Å². The lowest BCUT2D eigenvalue weighted by Gasteiger charge is -2.23. The fourth-order valence-corrected chi connectivity index (χ4v) is 4.00. The molecule has 28 heavy (non-hydrogen) atoms. The number of amides is 1. The van der Waals surface area contributed by atoms with E-state index in [9.17, 15) is 9.59 Å². The largest absolute Gasteiger partial charge is 0.497 e. The van der Waals surface area contributed by atoms with Gasteiger partial charge in [-0.15, -0.1) is 0 Å². The van der Waals surface area contributed by atoms with Crippen LogP contribution in [0.4, 0.5) is 0 Å². The summed E-state index contributed by atoms with van der Waals surface area (Å²) in [6.07, 6.45) is 4.64. The average Bonchev–Trinajstić information content (AvgIpc) is 3.47. The molecule has 1 aromatic carbocycles. The molecule has 1 atom stereocenters. The Morgan fingerprint density at radius 2 is 2.00 bits per heavy atom. The SMILES string of the molecule is COc1ccc(-c2cc(COC(=O)[C@@H]3CC(=O)N(C4CCCC4)C3)on2)cc1. The van der Waals surface area contributed by atoms with E-state index in [1.165, 1.54) is 0 Å². The van der Waals surface area contributed by atoms with Crippen molar-refractivity contribution in [1.82, 2.24) is 10.1 Å². The predicted molar refractivity (Wildman–Crippen MR) is 100 cm³/mol. The second-order valence-electron chi connectivity index (χ2n) is 7.40. The van der Waals surface area contributed by atoms with Gasteiger partial charge in [-0.05, 0) is 37.1 Å². The molecule has 2 aromatic rings. The zero-order valence-electron chi connectivity index (χ0n) is 15.9. The second-order valence-corrected chi connectivity index (χ2v) is 7.40. The van der Waals surface area contributed by atoms with E-state index in [4.69, 9.17) is 14.0 Å². The van der Waals surface area contributed by atoms with Gasteiger partial charge in [0.05, 0.1) is 13.0 Å². The van der Waals surface area contributed by atoms with E-state index in [-0.39, 0.29) is 24.9 Å². The summed E-state index contributed by atoms with van der Waals surface area (Å²) in [6, 6.07) is 9.50. The second kappa shape index (κ2) is 8.04. The lowest BCUT2D eigenvalue weighted by Crippen LogP contribution is -2.35. The van der Waals surface area contributed by atoms with Gasteiger partial charge in [0.2, 0.25) is 5.91 Å². The van der Waals surface area contributed by atoms with E-state index in [1.807, 2.05) is 29.2 Å². The standard InChI is InChI=1S/C21H24N2O5/c1-26-17-8-6-14(7-9-17)19-11-18(28-22-19)13-27-21(25)15-10-20(24)23(12-15)16-4-2-3-5-16/h6-9,11,15-16H,2-5,10,12-13H2,1H3/t15-/m1/s1. The van der Waals surface area contributed by atoms with E-state index in [2.05, 4.69) is 5.16 Å². The molecule has 1 aliphatic carbocycles. The van der Waals surface area contributed by atoms with Crippen molar-refractivity contribution >= 4 is 11.9 Å². The number of likely N-dealkylation sites (tertiary alicyclic amines) is 1. The molecule has 7 heteroatoms. The summed E-state index contributed by atoms with van der Waals surface area (Å²) in [5.74, 6) is 0.555. The lowest BCUT2D eigenvalue weighted by atomic mass is 10.1. The van der Waals surface area contributed by atoms with Crippen LogP contribution in [0.5, 0.6) is 5.75 Å². The minimum Gasteiger partial charge on any atom is -0.497 e. The highest BCUT2D eigenvalue weighted by Gasteiger charge is 2.39. The van der Waals surface area contributed by atoms with Gasteiger partial charge < -0.3 is 18.9 Å². The number of methoxy groups -OCH3 is 1. The van der Waals surface area contributed by atoms with Crippen LogP contribution < -0.4 is 4.74 Å². The highest BCUT2D eigenvalue weighted by atomic mass is 16.5. The number of ether oxygens (including phenoxy) is 2. The highest BCUT2D eigenvalue weighted by Crippen LogP contribution is 2.30. The molecule has 2 fully saturated rings. The Morgan fingerprint density at radius 1 is 1.25 bits per heavy atom. The van der Waals surface area contributed by atoms with Crippen molar-refractivity contribution in [2.45, 2.75) is 44.8 Å². The molecule has 0 radical (unpaired) electrons. The first kappa shape index (κ1) is 18.5. The van der Waals surface area contributed by atoms with Gasteiger partial charge in [-0.1, -0.05) is 18.0 Å². The summed E-state index contributed by atoms with van der Waals surface area (Å²) in [5, 5.41) is 4.02. The number of rotatable bonds is 6. The van der Waals surface area contributed by atoms with Crippen LogP contribution in [-0.2, 0) is 20.9 Å². The van der Waals surface area contributed by atoms with Crippen LogP contribution in [0.15, 0.2) is 34.9 Å². The van der Waals surface area contributed by atoms with E-state index < -0.39 is 5.92 Å². The van der Waals surface area contributed by atoms with Crippen molar-refractivity contribution in [3.05, 3.63) is 36.1 Å². The molecule has 4 rings (SSSR count). The maximum Gasteiger partial charge on any atom is 0.311 e. The van der Waals surface area contributed by atoms with Crippen LogP contribution in [0.25, 0.3) is 11.3 Å². The summed E-state index contributed by atoms with van der Waals surface area (Å²) in [7, 11) is 1.61. The minimum absolute atomic E-state index is 0.0100. The summed E-state index contributed by atoms with van der Waals surface area (Å²) in [5.41, 5.74) is 1.55. The fourth-order valence-electron chi connectivity index (χ4n) is 4.00. The molecule has 1 aromatic heterocycles. The molecule has 0 N–H and O–H groups in total. The van der Waals surface area contributed by atoms with Crippen LogP contribution in [0.3, 0.4) is 0 Å². The zero-order valence-corrected chi connectivity index (χ0v) is 15.9. The van der Waals surface area contributed by atoms with Crippen molar-refractivity contribution in [2.75, 3.05) is 13.7 Å². The summed E-state index contributed by atoms with van der Waals surface area (Å²) in [4.78, 5) is 26.5. The van der Waals surface area contributed by atoms with Crippen LogP contribution >= 0.6 is 0 Å². The molecule has 0 unspecified atom stereocenters. The van der Waals surface area contributed by atoms with Gasteiger partial charge in [-0.3, -0.25) is 9.59 Å². The predicted octanol–water partition coefficient (Wildman–Crippen LogP) is 3.18. The third kappa shape index (κ3) is 3.88. The van der Waals surface area contributed by atoms with Crippen LogP contribution in [0.2, 0.25) is 0 Å². The van der Waals surface area contributed by atoms with Gasteiger partial charge in [0, 0.05) is 30.6 Å². The quantitative estimate of drug-likeness (QED) is 0.712. The van der Waals surface area contributed by atoms with Gasteiger partial charge in [-0.2, -0.15) is 0 Å². The molecule has 7 nitrogen and oxygen atoms in total. The zero-order chi connectivity index (χ0) is 19.5. The third-order valence-electron chi connectivity index (χ3n) is 5.56. The van der Waals surface area contributed by atoms with Crippen molar-refractivity contribution in [3.8, 4) is 17.0 Å². The molecular formula is C21H24N2O5. The highest BCUT2D eigenvalue weighted by molar-refractivity contribution is 5.87. The van der Waals surface area contributed by atoms with Crippen LogP contribution in [0, 0.1) is 5.92 Å². The van der Waals surface area contributed by atoms with E-state index >= 15 is 0 Å². The molecule has 1 aliphatic heterocycles. The Labute approximate surface area is 163 Å². The first-order valence-corrected chi connectivity index (χ1v) is 9.70. The Hall–Kier alpha value is -2.83. The van der Waals surface area contributed by atoms with Gasteiger partial charge in [0.15, 0.2) is 12.4 Å². The molecule has 2 aliphatic rings. The molecule has 0 spiro atoms. The summed E-state index contributed by atoms with van der Waals surface area (Å²) >= 11 is 0. The smallest absolute Gasteiger partial charge is 0.311 e. The number of carbonyl (C=O) groups excluding carboxylic acids is 2. The fraction of sp³-hybridized carbons (Fsp3) is 0.476. The summed E-state index contributed by atoms with van der Waals surface area (Å²) in [6.45, 7) is 0.478. The molecule has 148 valence electrons. The number of hydrogen-bond acceptors (Lipinski definition) is 6. The Morgan fingerprint density at radius 3 is 2.71 bits per heavy atom. The molecule has 0 bridgehead atoms. The number of aromatic nitrogens is 1.